The predicted octanol–water partition coefficient (Wildman–Crippen LogP) is 5.37. The minimum atomic E-state index is -4.67. The van der Waals surface area contributed by atoms with Crippen molar-refractivity contribution >= 4 is 17.7 Å². The van der Waals surface area contributed by atoms with Gasteiger partial charge < -0.3 is 24.6 Å². The van der Waals surface area contributed by atoms with Gasteiger partial charge in [-0.05, 0) is 67.2 Å². The molecular weight excluding hydrogens is 727 g/mol. The molecule has 56 heavy (non-hydrogen) atoms. The van der Waals surface area contributed by atoms with E-state index in [1.807, 2.05) is 30.3 Å². The standard InChI is InChI=1S/C41H44F3N7O5/c42-41(43,44)32-17-35-29-7-4-8-30(15-29)39(53)51-24-34(56-25-33-23-50(48-47-33)21-27-5-2-1-3-6-27)19-36(51)40(54)49-13-11-28(16-37(52)45-20-26-9-10-26)31(22-49)12-14-55-38(18-32)46-35/h1-8,15,17-18,23,26,28,31,34,36H,9-14,16,19-22,24-25H2,(H,45,52)/t28-,31-,34+,36-/m0/s1. The molecule has 2 saturated heterocycles. The normalized spacial score (nSPS) is 22.8. The van der Waals surface area contributed by atoms with Crippen LogP contribution < -0.4 is 10.1 Å². The first kappa shape index (κ1) is 37.6. The molecule has 3 amide bonds. The van der Waals surface area contributed by atoms with E-state index in [2.05, 4.69) is 20.6 Å². The smallest absolute Gasteiger partial charge is 0.416 e. The van der Waals surface area contributed by atoms with E-state index in [9.17, 15) is 27.6 Å². The Hall–Kier alpha value is -5.31. The lowest BCUT2D eigenvalue weighted by molar-refractivity contribution is -0.139. The van der Waals surface area contributed by atoms with Gasteiger partial charge in [-0.3, -0.25) is 14.4 Å². The van der Waals surface area contributed by atoms with E-state index in [0.717, 1.165) is 30.5 Å². The highest BCUT2D eigenvalue weighted by molar-refractivity contribution is 5.99. The summed E-state index contributed by atoms with van der Waals surface area (Å²) >= 11 is 0. The molecule has 0 unspecified atom stereocenters. The van der Waals surface area contributed by atoms with Gasteiger partial charge in [0, 0.05) is 56.2 Å². The van der Waals surface area contributed by atoms with Gasteiger partial charge >= 0.3 is 6.18 Å². The average Bonchev–Trinajstić information content (AvgIpc) is 3.77. The molecular formula is C41H44F3N7O5. The Balaban J connectivity index is 1.06. The van der Waals surface area contributed by atoms with Crippen LogP contribution in [-0.2, 0) is 33.7 Å². The number of hydrogen-bond donors (Lipinski definition) is 1. The first-order valence-corrected chi connectivity index (χ1v) is 19.3. The molecule has 15 heteroatoms. The van der Waals surface area contributed by atoms with Crippen molar-refractivity contribution in [1.29, 1.82) is 0 Å². The summed E-state index contributed by atoms with van der Waals surface area (Å²) in [5.41, 5.74) is 1.25. The number of benzene rings is 2. The molecule has 0 radical (unpaired) electrons. The number of nitrogens with zero attached hydrogens (tertiary/aromatic N) is 6. The maximum absolute atomic E-state index is 14.5. The Morgan fingerprint density at radius 1 is 0.964 bits per heavy atom. The number of ether oxygens (including phenoxy) is 2. The first-order valence-electron chi connectivity index (χ1n) is 19.3. The molecule has 1 saturated carbocycles. The number of alkyl halides is 3. The van der Waals surface area contributed by atoms with Crippen molar-refractivity contribution in [3.8, 4) is 17.1 Å². The van der Waals surface area contributed by atoms with Crippen LogP contribution in [0.4, 0.5) is 13.2 Å². The van der Waals surface area contributed by atoms with Crippen molar-refractivity contribution in [2.75, 3.05) is 32.8 Å². The topological polar surface area (TPSA) is 132 Å². The molecule has 1 aliphatic carbocycles. The summed E-state index contributed by atoms with van der Waals surface area (Å²) < 4.78 is 56.3. The minimum absolute atomic E-state index is 0.00110. The molecule has 8 rings (SSSR count). The van der Waals surface area contributed by atoms with Gasteiger partial charge in [0.05, 0.1) is 43.3 Å². The summed E-state index contributed by atoms with van der Waals surface area (Å²) in [5.74, 6) is -0.613. The van der Waals surface area contributed by atoms with E-state index >= 15 is 0 Å². The molecule has 1 N–H and O–H groups in total. The highest BCUT2D eigenvalue weighted by Crippen LogP contribution is 2.36. The highest BCUT2D eigenvalue weighted by atomic mass is 19.4. The summed E-state index contributed by atoms with van der Waals surface area (Å²) in [5, 5.41) is 11.5. The van der Waals surface area contributed by atoms with Crippen LogP contribution in [-0.4, -0.2) is 92.4 Å². The van der Waals surface area contributed by atoms with Crippen LogP contribution in [0, 0.1) is 17.8 Å². The second-order valence-electron chi connectivity index (χ2n) is 15.4. The molecule has 4 atom stereocenters. The Bertz CT molecular complexity index is 2060. The number of carbonyl (C=O) groups is 3. The van der Waals surface area contributed by atoms with Crippen molar-refractivity contribution in [2.45, 2.75) is 70.0 Å². The molecule has 2 aromatic heterocycles. The zero-order chi connectivity index (χ0) is 38.8. The zero-order valence-electron chi connectivity index (χ0n) is 30.9. The summed E-state index contributed by atoms with van der Waals surface area (Å²) in [6.45, 7) is 2.20. The number of carbonyl (C=O) groups excluding carboxylic acids is 3. The number of piperidine rings is 1. The lowest BCUT2D eigenvalue weighted by Crippen LogP contribution is -2.52. The fourth-order valence-corrected chi connectivity index (χ4v) is 7.99. The van der Waals surface area contributed by atoms with Gasteiger partial charge in [-0.15, -0.1) is 5.10 Å². The van der Waals surface area contributed by atoms with Gasteiger partial charge in [-0.2, -0.15) is 13.2 Å². The predicted molar refractivity (Wildman–Crippen MR) is 197 cm³/mol. The Labute approximate surface area is 322 Å². The fourth-order valence-electron chi connectivity index (χ4n) is 7.99. The van der Waals surface area contributed by atoms with E-state index in [4.69, 9.17) is 9.47 Å². The van der Waals surface area contributed by atoms with Gasteiger partial charge in [-0.1, -0.05) is 47.7 Å². The molecule has 4 aliphatic rings. The molecule has 4 aromatic rings. The minimum Gasteiger partial charge on any atom is -0.478 e. The second-order valence-corrected chi connectivity index (χ2v) is 15.4. The summed E-state index contributed by atoms with van der Waals surface area (Å²) in [4.78, 5) is 49.5. The van der Waals surface area contributed by atoms with Crippen LogP contribution >= 0.6 is 0 Å². The van der Waals surface area contributed by atoms with Crippen LogP contribution in [0.3, 0.4) is 0 Å². The number of nitrogens with one attached hydrogen (secondary N) is 1. The number of pyridine rings is 1. The van der Waals surface area contributed by atoms with E-state index in [1.165, 1.54) is 11.0 Å². The van der Waals surface area contributed by atoms with E-state index in [0.29, 0.717) is 56.2 Å². The van der Waals surface area contributed by atoms with Gasteiger partial charge in [-0.25, -0.2) is 9.67 Å². The molecule has 2 aromatic carbocycles. The van der Waals surface area contributed by atoms with Crippen molar-refractivity contribution in [3.63, 3.8) is 0 Å². The molecule has 5 heterocycles. The van der Waals surface area contributed by atoms with Gasteiger partial charge in [0.15, 0.2) is 0 Å². The van der Waals surface area contributed by atoms with E-state index < -0.39 is 29.8 Å². The Morgan fingerprint density at radius 3 is 2.59 bits per heavy atom. The number of amides is 3. The summed E-state index contributed by atoms with van der Waals surface area (Å²) in [6, 6.07) is 17.1. The van der Waals surface area contributed by atoms with Crippen LogP contribution in [0.1, 0.15) is 65.7 Å². The molecule has 6 bridgehead atoms. The average molecular weight is 772 g/mol. The quantitative estimate of drug-likeness (QED) is 0.241. The molecule has 0 spiro atoms. The molecule has 3 fully saturated rings. The second kappa shape index (κ2) is 16.0. The Kier molecular flexibility index (Phi) is 10.8. The number of aromatic nitrogens is 4. The molecule has 12 nitrogen and oxygen atoms in total. The van der Waals surface area contributed by atoms with E-state index in [-0.39, 0.29) is 73.4 Å². The number of hydrogen-bond acceptors (Lipinski definition) is 8. The van der Waals surface area contributed by atoms with Crippen LogP contribution in [0.5, 0.6) is 5.88 Å². The highest BCUT2D eigenvalue weighted by Gasteiger charge is 2.44. The third-order valence-corrected chi connectivity index (χ3v) is 11.3. The first-order chi connectivity index (χ1) is 27.1. The van der Waals surface area contributed by atoms with Gasteiger partial charge in [0.1, 0.15) is 11.7 Å². The monoisotopic (exact) mass is 771 g/mol. The zero-order valence-corrected chi connectivity index (χ0v) is 30.9. The largest absolute Gasteiger partial charge is 0.478 e. The van der Waals surface area contributed by atoms with Crippen molar-refractivity contribution in [3.05, 3.63) is 95.3 Å². The van der Waals surface area contributed by atoms with E-state index in [1.54, 1.807) is 34.0 Å². The van der Waals surface area contributed by atoms with Crippen LogP contribution in [0.15, 0.2) is 72.9 Å². The number of rotatable bonds is 9. The van der Waals surface area contributed by atoms with Crippen molar-refractivity contribution in [2.24, 2.45) is 17.8 Å². The summed E-state index contributed by atoms with van der Waals surface area (Å²) in [6.07, 6.45) is 0.331. The Morgan fingerprint density at radius 2 is 1.79 bits per heavy atom. The fraction of sp³-hybridized carbons (Fsp3) is 0.463. The lowest BCUT2D eigenvalue weighted by Gasteiger charge is -2.40. The van der Waals surface area contributed by atoms with Gasteiger partial charge in [0.25, 0.3) is 5.91 Å². The number of fused-ring (bicyclic) bond motifs is 8. The molecule has 294 valence electrons. The maximum Gasteiger partial charge on any atom is 0.416 e. The maximum atomic E-state index is 14.5. The number of halogens is 3. The lowest BCUT2D eigenvalue weighted by atomic mass is 9.81. The third kappa shape index (κ3) is 8.88. The SMILES string of the molecule is O=C(C[C@@H]1CCN2C[C@@H]1CCOc1cc(C(F)(F)F)cc(n1)-c1cccc(c1)C(=O)N1C[C@H](OCc3cn(Cc4ccccc4)nn3)C[C@H]1C2=O)NCC1CC1. The summed E-state index contributed by atoms with van der Waals surface area (Å²) in [7, 11) is 0. The van der Waals surface area contributed by atoms with Crippen LogP contribution in [0.2, 0.25) is 0 Å². The molecule has 3 aliphatic heterocycles. The van der Waals surface area contributed by atoms with Crippen molar-refractivity contribution < 1.29 is 37.0 Å². The van der Waals surface area contributed by atoms with Gasteiger partial charge in [0.2, 0.25) is 17.7 Å². The third-order valence-electron chi connectivity index (χ3n) is 11.3. The van der Waals surface area contributed by atoms with Crippen LogP contribution in [0.25, 0.3) is 11.3 Å². The van der Waals surface area contributed by atoms with Crippen molar-refractivity contribution in [1.82, 2.24) is 35.1 Å².